The van der Waals surface area contributed by atoms with Gasteiger partial charge in [0.05, 0.1) is 4.92 Å². The minimum Gasteiger partial charge on any atom is -0.324 e. The van der Waals surface area contributed by atoms with Crippen LogP contribution in [0.1, 0.15) is 54.8 Å². The molecule has 0 amide bonds. The average molecular weight is 262 g/mol. The predicted molar refractivity (Wildman–Crippen MR) is 76.1 cm³/mol. The molecule has 1 saturated carbocycles. The summed E-state index contributed by atoms with van der Waals surface area (Å²) >= 11 is 0. The highest BCUT2D eigenvalue weighted by Gasteiger charge is 2.24. The summed E-state index contributed by atoms with van der Waals surface area (Å²) in [5.41, 5.74) is 9.14. The zero-order valence-corrected chi connectivity index (χ0v) is 11.7. The minimum atomic E-state index is -0.306. The fourth-order valence-corrected chi connectivity index (χ4v) is 3.02. The van der Waals surface area contributed by atoms with Crippen LogP contribution in [0, 0.1) is 29.9 Å². The highest BCUT2D eigenvalue weighted by Crippen LogP contribution is 2.35. The molecule has 0 spiro atoms. The molecule has 1 unspecified atom stereocenters. The number of hydrogen-bond donors (Lipinski definition) is 1. The Morgan fingerprint density at radius 3 is 2.47 bits per heavy atom. The first-order valence-electron chi connectivity index (χ1n) is 7.02. The van der Waals surface area contributed by atoms with Gasteiger partial charge in [0.1, 0.15) is 0 Å². The number of hydrogen-bond acceptors (Lipinski definition) is 3. The normalized spacial score (nSPS) is 18.3. The molecule has 4 heteroatoms. The highest BCUT2D eigenvalue weighted by molar-refractivity contribution is 5.48. The molecule has 0 aliphatic heterocycles. The van der Waals surface area contributed by atoms with E-state index in [4.69, 9.17) is 5.73 Å². The lowest BCUT2D eigenvalue weighted by Crippen LogP contribution is -2.23. The van der Waals surface area contributed by atoms with Crippen molar-refractivity contribution in [2.24, 2.45) is 11.7 Å². The van der Waals surface area contributed by atoms with Gasteiger partial charge in [0.25, 0.3) is 5.69 Å². The predicted octanol–water partition coefficient (Wildman–Crippen LogP) is 3.79. The van der Waals surface area contributed by atoms with E-state index in [1.165, 1.54) is 19.3 Å². The van der Waals surface area contributed by atoms with Gasteiger partial charge in [0, 0.05) is 17.7 Å². The third-order valence-corrected chi connectivity index (χ3v) is 4.40. The number of nitrogens with two attached hydrogens (primary N) is 1. The van der Waals surface area contributed by atoms with Crippen LogP contribution in [0.3, 0.4) is 0 Å². The zero-order chi connectivity index (χ0) is 14.0. The van der Waals surface area contributed by atoms with Crippen LogP contribution < -0.4 is 5.73 Å². The molecule has 1 fully saturated rings. The smallest absolute Gasteiger partial charge is 0.272 e. The molecule has 1 atom stereocenters. The Balaban J connectivity index is 2.31. The van der Waals surface area contributed by atoms with Crippen LogP contribution in [0.5, 0.6) is 0 Å². The van der Waals surface area contributed by atoms with Gasteiger partial charge < -0.3 is 5.73 Å². The van der Waals surface area contributed by atoms with E-state index < -0.39 is 0 Å². The van der Waals surface area contributed by atoms with Gasteiger partial charge in [-0.2, -0.15) is 0 Å². The van der Waals surface area contributed by atoms with Crippen LogP contribution in [0.4, 0.5) is 5.69 Å². The van der Waals surface area contributed by atoms with Crippen molar-refractivity contribution < 1.29 is 4.92 Å². The molecule has 2 N–H and O–H groups in total. The summed E-state index contributed by atoms with van der Waals surface area (Å²) in [6.45, 7) is 3.71. The standard InChI is InChI=1S/C15H22N2O2/c1-10-8-13(9-14(11(10)2)17(18)19)15(16)12-6-4-3-5-7-12/h8-9,12,15H,3-7,16H2,1-2H3. The molecular weight excluding hydrogens is 240 g/mol. The average Bonchev–Trinajstić information content (AvgIpc) is 2.41. The molecule has 0 bridgehead atoms. The highest BCUT2D eigenvalue weighted by atomic mass is 16.6. The Kier molecular flexibility index (Phi) is 4.20. The van der Waals surface area contributed by atoms with Crippen molar-refractivity contribution in [1.29, 1.82) is 0 Å². The number of rotatable bonds is 3. The first-order chi connectivity index (χ1) is 9.00. The first-order valence-corrected chi connectivity index (χ1v) is 7.02. The van der Waals surface area contributed by atoms with Crippen LogP contribution in [-0.4, -0.2) is 4.92 Å². The molecule has 2 rings (SSSR count). The van der Waals surface area contributed by atoms with E-state index in [9.17, 15) is 10.1 Å². The van der Waals surface area contributed by atoms with Gasteiger partial charge in [-0.05, 0) is 43.7 Å². The van der Waals surface area contributed by atoms with Crippen LogP contribution in [0.2, 0.25) is 0 Å². The van der Waals surface area contributed by atoms with Gasteiger partial charge in [-0.15, -0.1) is 0 Å². The molecule has 4 nitrogen and oxygen atoms in total. The topological polar surface area (TPSA) is 69.2 Å². The third-order valence-electron chi connectivity index (χ3n) is 4.40. The van der Waals surface area contributed by atoms with Crippen LogP contribution in [0.15, 0.2) is 12.1 Å². The first kappa shape index (κ1) is 14.0. The van der Waals surface area contributed by atoms with Crippen molar-refractivity contribution in [2.45, 2.75) is 52.0 Å². The summed E-state index contributed by atoms with van der Waals surface area (Å²) in [4.78, 5) is 10.8. The Morgan fingerprint density at radius 2 is 1.89 bits per heavy atom. The quantitative estimate of drug-likeness (QED) is 0.665. The molecule has 1 aliphatic rings. The molecule has 0 heterocycles. The van der Waals surface area contributed by atoms with Gasteiger partial charge in [-0.25, -0.2) is 0 Å². The van der Waals surface area contributed by atoms with Crippen LogP contribution in [0.25, 0.3) is 0 Å². The summed E-state index contributed by atoms with van der Waals surface area (Å²) in [5, 5.41) is 11.1. The number of nitrogens with zero attached hydrogens (tertiary/aromatic N) is 1. The molecule has 1 aliphatic carbocycles. The maximum atomic E-state index is 11.1. The second-order valence-electron chi connectivity index (χ2n) is 5.66. The number of benzene rings is 1. The van der Waals surface area contributed by atoms with E-state index >= 15 is 0 Å². The van der Waals surface area contributed by atoms with E-state index in [0.717, 1.165) is 29.5 Å². The van der Waals surface area contributed by atoms with Crippen molar-refractivity contribution in [3.63, 3.8) is 0 Å². The van der Waals surface area contributed by atoms with E-state index in [2.05, 4.69) is 0 Å². The second kappa shape index (κ2) is 5.70. The van der Waals surface area contributed by atoms with Crippen molar-refractivity contribution in [2.75, 3.05) is 0 Å². The zero-order valence-electron chi connectivity index (χ0n) is 11.7. The van der Waals surface area contributed by atoms with Gasteiger partial charge in [-0.1, -0.05) is 25.3 Å². The van der Waals surface area contributed by atoms with E-state index in [-0.39, 0.29) is 16.7 Å². The molecule has 19 heavy (non-hydrogen) atoms. The SMILES string of the molecule is Cc1cc(C(N)C2CCCCC2)cc([N+](=O)[O-])c1C. The van der Waals surface area contributed by atoms with E-state index in [1.54, 1.807) is 13.0 Å². The van der Waals surface area contributed by atoms with Crippen LogP contribution >= 0.6 is 0 Å². The van der Waals surface area contributed by atoms with Crippen LogP contribution in [-0.2, 0) is 0 Å². The summed E-state index contributed by atoms with van der Waals surface area (Å²) in [6, 6.07) is 3.61. The monoisotopic (exact) mass is 262 g/mol. The molecular formula is C15H22N2O2. The molecule has 0 saturated heterocycles. The number of nitro benzene ring substituents is 1. The number of nitro groups is 1. The Labute approximate surface area is 114 Å². The third kappa shape index (κ3) is 2.95. The van der Waals surface area contributed by atoms with Gasteiger partial charge in [-0.3, -0.25) is 10.1 Å². The van der Waals surface area contributed by atoms with E-state index in [0.29, 0.717) is 5.92 Å². The molecule has 104 valence electrons. The van der Waals surface area contributed by atoms with Gasteiger partial charge >= 0.3 is 0 Å². The van der Waals surface area contributed by atoms with E-state index in [1.807, 2.05) is 13.0 Å². The Hall–Kier alpha value is -1.42. The fourth-order valence-electron chi connectivity index (χ4n) is 3.02. The molecule has 0 aromatic heterocycles. The lowest BCUT2D eigenvalue weighted by molar-refractivity contribution is -0.385. The minimum absolute atomic E-state index is 0.0710. The fraction of sp³-hybridized carbons (Fsp3) is 0.600. The van der Waals surface area contributed by atoms with Crippen molar-refractivity contribution in [3.05, 3.63) is 38.9 Å². The van der Waals surface area contributed by atoms with Crippen molar-refractivity contribution in [1.82, 2.24) is 0 Å². The van der Waals surface area contributed by atoms with Gasteiger partial charge in [0.2, 0.25) is 0 Å². The van der Waals surface area contributed by atoms with Gasteiger partial charge in [0.15, 0.2) is 0 Å². The van der Waals surface area contributed by atoms with Crippen molar-refractivity contribution in [3.8, 4) is 0 Å². The maximum absolute atomic E-state index is 11.1. The summed E-state index contributed by atoms with van der Waals surface area (Å²) < 4.78 is 0. The van der Waals surface area contributed by atoms with Crippen molar-refractivity contribution >= 4 is 5.69 Å². The Morgan fingerprint density at radius 1 is 1.26 bits per heavy atom. The largest absolute Gasteiger partial charge is 0.324 e. The summed E-state index contributed by atoms with van der Waals surface area (Å²) in [7, 11) is 0. The molecule has 1 aromatic rings. The molecule has 1 aromatic carbocycles. The number of aryl methyl sites for hydroxylation is 1. The Bertz CT molecular complexity index is 479. The maximum Gasteiger partial charge on any atom is 0.272 e. The lowest BCUT2D eigenvalue weighted by Gasteiger charge is -2.28. The summed E-state index contributed by atoms with van der Waals surface area (Å²) in [5.74, 6) is 0.468. The summed E-state index contributed by atoms with van der Waals surface area (Å²) in [6.07, 6.45) is 6.02. The lowest BCUT2D eigenvalue weighted by atomic mass is 9.81. The second-order valence-corrected chi connectivity index (χ2v) is 5.66. The molecule has 0 radical (unpaired) electrons.